The summed E-state index contributed by atoms with van der Waals surface area (Å²) in [6.45, 7) is 11.7. The quantitative estimate of drug-likeness (QED) is 0.255. The molecular weight excluding hydrogens is 577 g/mol. The zero-order chi connectivity index (χ0) is 31.0. The molecule has 1 N–H and O–H groups in total. The van der Waals surface area contributed by atoms with E-state index in [1.165, 1.54) is 12.1 Å². The standard InChI is InChI=1S/C31H29F3N6O4/c1-18(28-36-26-6-4-19(31(41)42)13-27(26)40(28)16-22-7-12-43-22)38-8-10-39(11-9-38)29-24(33)15-25(34)30(37-29)44-17-20-3-5-21(35-2)14-23(20)32/h3-6,13-15,18,22H,7-12,16-17H2,1H3,(H,41,42)/t18-,22-/m0/s1. The molecule has 0 spiro atoms. The number of aromatic nitrogens is 3. The lowest BCUT2D eigenvalue weighted by Crippen LogP contribution is -2.48. The number of pyridine rings is 1. The number of imidazole rings is 1. The largest absolute Gasteiger partial charge is 0.478 e. The third kappa shape index (κ3) is 5.78. The Labute approximate surface area is 251 Å². The summed E-state index contributed by atoms with van der Waals surface area (Å²) >= 11 is 0. The van der Waals surface area contributed by atoms with Gasteiger partial charge in [0.25, 0.3) is 5.88 Å². The topological polar surface area (TPSA) is 97.3 Å². The van der Waals surface area contributed by atoms with Gasteiger partial charge in [-0.05, 0) is 37.6 Å². The van der Waals surface area contributed by atoms with E-state index >= 15 is 0 Å². The van der Waals surface area contributed by atoms with Crippen molar-refractivity contribution in [1.29, 1.82) is 0 Å². The maximum atomic E-state index is 14.9. The van der Waals surface area contributed by atoms with Gasteiger partial charge >= 0.3 is 5.97 Å². The van der Waals surface area contributed by atoms with Gasteiger partial charge in [0, 0.05) is 44.4 Å². The lowest BCUT2D eigenvalue weighted by Gasteiger charge is -2.38. The van der Waals surface area contributed by atoms with Crippen molar-refractivity contribution >= 4 is 28.5 Å². The molecule has 10 nitrogen and oxygen atoms in total. The Morgan fingerprint density at radius 3 is 2.52 bits per heavy atom. The number of carboxylic acid groups (broad SMARTS) is 1. The van der Waals surface area contributed by atoms with Gasteiger partial charge in [0.15, 0.2) is 23.1 Å². The van der Waals surface area contributed by atoms with Crippen molar-refractivity contribution in [3.05, 3.63) is 88.3 Å². The molecule has 0 radical (unpaired) electrons. The second kappa shape index (κ2) is 12.1. The van der Waals surface area contributed by atoms with Crippen LogP contribution in [0.1, 0.15) is 41.1 Å². The monoisotopic (exact) mass is 606 g/mol. The molecule has 13 heteroatoms. The minimum Gasteiger partial charge on any atom is -0.478 e. The van der Waals surface area contributed by atoms with Crippen LogP contribution >= 0.6 is 0 Å². The van der Waals surface area contributed by atoms with E-state index in [9.17, 15) is 23.1 Å². The molecule has 6 rings (SSSR count). The zero-order valence-corrected chi connectivity index (χ0v) is 23.8. The highest BCUT2D eigenvalue weighted by Gasteiger charge is 2.30. The van der Waals surface area contributed by atoms with Crippen LogP contribution in [0.15, 0.2) is 42.5 Å². The Hall–Kier alpha value is -4.67. The van der Waals surface area contributed by atoms with Crippen molar-refractivity contribution in [1.82, 2.24) is 19.4 Å². The maximum absolute atomic E-state index is 14.9. The van der Waals surface area contributed by atoms with Crippen molar-refractivity contribution in [2.75, 3.05) is 37.7 Å². The first-order valence-corrected chi connectivity index (χ1v) is 14.2. The van der Waals surface area contributed by atoms with Crippen LogP contribution < -0.4 is 9.64 Å². The van der Waals surface area contributed by atoms with Crippen molar-refractivity contribution in [2.45, 2.75) is 38.6 Å². The molecule has 2 aliphatic rings. The first-order chi connectivity index (χ1) is 21.2. The number of aromatic carboxylic acids is 1. The average molecular weight is 607 g/mol. The summed E-state index contributed by atoms with van der Waals surface area (Å²) in [6, 6.07) is 9.33. The van der Waals surface area contributed by atoms with Crippen LogP contribution in [0.3, 0.4) is 0 Å². The molecule has 44 heavy (non-hydrogen) atoms. The summed E-state index contributed by atoms with van der Waals surface area (Å²) in [4.78, 5) is 27.7. The Morgan fingerprint density at radius 2 is 1.86 bits per heavy atom. The molecule has 2 atom stereocenters. The molecule has 2 saturated heterocycles. The number of hydrogen-bond acceptors (Lipinski definition) is 7. The van der Waals surface area contributed by atoms with Gasteiger partial charge in [-0.2, -0.15) is 4.98 Å². The highest BCUT2D eigenvalue weighted by molar-refractivity contribution is 5.92. The van der Waals surface area contributed by atoms with Gasteiger partial charge in [0.05, 0.1) is 41.9 Å². The van der Waals surface area contributed by atoms with Crippen LogP contribution in [0, 0.1) is 24.0 Å². The van der Waals surface area contributed by atoms with Gasteiger partial charge in [-0.25, -0.2) is 27.8 Å². The second-order valence-electron chi connectivity index (χ2n) is 10.8. The Balaban J connectivity index is 1.17. The van der Waals surface area contributed by atoms with Gasteiger partial charge in [-0.3, -0.25) is 4.90 Å². The summed E-state index contributed by atoms with van der Waals surface area (Å²) < 4.78 is 56.8. The van der Waals surface area contributed by atoms with Gasteiger partial charge in [0.2, 0.25) is 0 Å². The van der Waals surface area contributed by atoms with E-state index in [0.29, 0.717) is 50.9 Å². The number of nitrogens with zero attached hydrogens (tertiary/aromatic N) is 6. The van der Waals surface area contributed by atoms with Crippen molar-refractivity contribution in [3.63, 3.8) is 0 Å². The molecule has 2 fully saturated rings. The normalized spacial score (nSPS) is 17.7. The summed E-state index contributed by atoms with van der Waals surface area (Å²) in [5, 5.41) is 9.52. The smallest absolute Gasteiger partial charge is 0.335 e. The third-order valence-electron chi connectivity index (χ3n) is 8.15. The fourth-order valence-electron chi connectivity index (χ4n) is 5.53. The van der Waals surface area contributed by atoms with E-state index in [2.05, 4.69) is 14.7 Å². The summed E-state index contributed by atoms with van der Waals surface area (Å²) in [6.07, 6.45) is 0.943. The number of hydrogen-bond donors (Lipinski definition) is 1. The molecule has 4 aromatic rings. The molecule has 0 bridgehead atoms. The molecule has 0 saturated carbocycles. The highest BCUT2D eigenvalue weighted by Crippen LogP contribution is 2.31. The average Bonchev–Trinajstić information content (AvgIpc) is 3.36. The maximum Gasteiger partial charge on any atom is 0.335 e. The Bertz CT molecular complexity index is 1760. The third-order valence-corrected chi connectivity index (χ3v) is 8.15. The van der Waals surface area contributed by atoms with Gasteiger partial charge in [-0.15, -0.1) is 0 Å². The Kier molecular flexibility index (Phi) is 8.11. The molecule has 0 aliphatic carbocycles. The SMILES string of the molecule is [C-]#[N+]c1ccc(COc2nc(N3CCN([C@@H](C)c4nc5ccc(C(=O)O)cc5n4C[C@@H]4CCO4)CC3)c(F)cc2F)c(F)c1. The first kappa shape index (κ1) is 29.4. The fraction of sp³-hybridized carbons (Fsp3) is 0.355. The van der Waals surface area contributed by atoms with Crippen LogP contribution in [0.25, 0.3) is 15.9 Å². The number of carbonyl (C=O) groups is 1. The number of halogens is 3. The van der Waals surface area contributed by atoms with Crippen LogP contribution in [-0.4, -0.2) is 69.4 Å². The van der Waals surface area contributed by atoms with E-state index in [1.54, 1.807) is 23.1 Å². The van der Waals surface area contributed by atoms with Crippen molar-refractivity contribution in [3.8, 4) is 5.88 Å². The highest BCUT2D eigenvalue weighted by atomic mass is 19.1. The molecule has 2 aromatic carbocycles. The lowest BCUT2D eigenvalue weighted by atomic mass is 10.1. The number of ether oxygens (including phenoxy) is 2. The number of rotatable bonds is 9. The van der Waals surface area contributed by atoms with Crippen LogP contribution in [0.5, 0.6) is 5.88 Å². The van der Waals surface area contributed by atoms with Crippen molar-refractivity contribution < 1.29 is 32.5 Å². The van der Waals surface area contributed by atoms with Gasteiger partial charge < -0.3 is 24.0 Å². The molecule has 2 aromatic heterocycles. The summed E-state index contributed by atoms with van der Waals surface area (Å²) in [5.41, 5.74) is 1.85. The van der Waals surface area contributed by atoms with Gasteiger partial charge in [-0.1, -0.05) is 12.1 Å². The lowest BCUT2D eigenvalue weighted by molar-refractivity contribution is -0.0594. The summed E-state index contributed by atoms with van der Waals surface area (Å²) in [5.74, 6) is -3.24. The van der Waals surface area contributed by atoms with Crippen LogP contribution in [-0.2, 0) is 17.9 Å². The fourth-order valence-corrected chi connectivity index (χ4v) is 5.53. The van der Waals surface area contributed by atoms with Crippen molar-refractivity contribution in [2.24, 2.45) is 0 Å². The van der Waals surface area contributed by atoms with E-state index in [1.807, 2.05) is 11.5 Å². The molecular formula is C31H29F3N6O4. The van der Waals surface area contributed by atoms with E-state index < -0.39 is 29.3 Å². The number of carboxylic acids is 1. The van der Waals surface area contributed by atoms with E-state index in [0.717, 1.165) is 23.8 Å². The number of fused-ring (bicyclic) bond motifs is 1. The molecule has 2 aliphatic heterocycles. The minimum atomic E-state index is -1.01. The number of benzene rings is 2. The van der Waals surface area contributed by atoms with E-state index in [-0.39, 0.29) is 41.4 Å². The summed E-state index contributed by atoms with van der Waals surface area (Å²) in [7, 11) is 0. The van der Waals surface area contributed by atoms with Crippen LogP contribution in [0.4, 0.5) is 24.7 Å². The predicted molar refractivity (Wildman–Crippen MR) is 154 cm³/mol. The molecule has 0 unspecified atom stereocenters. The number of piperazine rings is 1. The first-order valence-electron chi connectivity index (χ1n) is 14.2. The van der Waals surface area contributed by atoms with Gasteiger partial charge in [0.1, 0.15) is 18.2 Å². The molecule has 4 heterocycles. The van der Waals surface area contributed by atoms with Crippen LogP contribution in [0.2, 0.25) is 0 Å². The molecule has 228 valence electrons. The minimum absolute atomic E-state index is 0.0298. The number of anilines is 1. The zero-order valence-electron chi connectivity index (χ0n) is 23.8. The second-order valence-corrected chi connectivity index (χ2v) is 10.8. The van der Waals surface area contributed by atoms with E-state index in [4.69, 9.17) is 21.0 Å². The Morgan fingerprint density at radius 1 is 1.09 bits per heavy atom. The predicted octanol–water partition coefficient (Wildman–Crippen LogP) is 5.35. The molecule has 0 amide bonds.